The van der Waals surface area contributed by atoms with Gasteiger partial charge in [0.25, 0.3) is 0 Å². The van der Waals surface area contributed by atoms with E-state index in [0.29, 0.717) is 19.3 Å². The normalized spacial score (nSPS) is 14.2. The standard InChI is InChI=1S/C11H22N2O3/c1-3-5-7-8(12)10(14)13-9(6-4-2)11(15)16/h8-9H,3-7,12H2,1-2H3,(H,13,14)(H,15,16). The number of aliphatic carboxylic acids is 1. The van der Waals surface area contributed by atoms with E-state index < -0.39 is 18.1 Å². The van der Waals surface area contributed by atoms with Crippen molar-refractivity contribution in [2.45, 2.75) is 58.0 Å². The van der Waals surface area contributed by atoms with Crippen molar-refractivity contribution in [1.29, 1.82) is 0 Å². The van der Waals surface area contributed by atoms with Gasteiger partial charge in [-0.1, -0.05) is 33.1 Å². The van der Waals surface area contributed by atoms with Gasteiger partial charge in [-0.05, 0) is 12.8 Å². The molecule has 0 heterocycles. The largest absolute Gasteiger partial charge is 0.480 e. The highest BCUT2D eigenvalue weighted by atomic mass is 16.4. The van der Waals surface area contributed by atoms with Crippen LogP contribution in [0.4, 0.5) is 0 Å². The fourth-order valence-electron chi connectivity index (χ4n) is 1.38. The summed E-state index contributed by atoms with van der Waals surface area (Å²) in [5.74, 6) is -1.37. The molecule has 0 aromatic rings. The summed E-state index contributed by atoms with van der Waals surface area (Å²) < 4.78 is 0. The number of carbonyl (C=O) groups is 2. The lowest BCUT2D eigenvalue weighted by Crippen LogP contribution is -2.48. The molecule has 2 unspecified atom stereocenters. The molecule has 0 aromatic carbocycles. The van der Waals surface area contributed by atoms with Crippen LogP contribution in [0.25, 0.3) is 0 Å². The van der Waals surface area contributed by atoms with Crippen molar-refractivity contribution >= 4 is 11.9 Å². The SMILES string of the molecule is CCCCC(N)C(=O)NC(CCC)C(=O)O. The van der Waals surface area contributed by atoms with Gasteiger partial charge in [0.05, 0.1) is 6.04 Å². The van der Waals surface area contributed by atoms with E-state index in [1.165, 1.54) is 0 Å². The van der Waals surface area contributed by atoms with Gasteiger partial charge in [-0.25, -0.2) is 4.79 Å². The van der Waals surface area contributed by atoms with E-state index in [0.717, 1.165) is 12.8 Å². The molecule has 2 atom stereocenters. The van der Waals surface area contributed by atoms with Crippen molar-refractivity contribution in [3.05, 3.63) is 0 Å². The first-order valence-corrected chi connectivity index (χ1v) is 5.81. The number of carboxylic acids is 1. The lowest BCUT2D eigenvalue weighted by Gasteiger charge is -2.17. The molecule has 94 valence electrons. The highest BCUT2D eigenvalue weighted by Crippen LogP contribution is 2.01. The number of nitrogens with one attached hydrogen (secondary N) is 1. The molecular formula is C11H22N2O3. The van der Waals surface area contributed by atoms with Crippen LogP contribution in [0.1, 0.15) is 46.0 Å². The lowest BCUT2D eigenvalue weighted by molar-refractivity contribution is -0.142. The zero-order valence-electron chi connectivity index (χ0n) is 10.0. The average Bonchev–Trinajstić information content (AvgIpc) is 2.24. The van der Waals surface area contributed by atoms with Gasteiger partial charge in [-0.2, -0.15) is 0 Å². The minimum Gasteiger partial charge on any atom is -0.480 e. The number of amides is 1. The molecule has 1 amide bonds. The second-order valence-electron chi connectivity index (χ2n) is 3.94. The molecule has 5 nitrogen and oxygen atoms in total. The minimum absolute atomic E-state index is 0.366. The maximum absolute atomic E-state index is 11.5. The van der Waals surface area contributed by atoms with Gasteiger partial charge in [0.2, 0.25) is 5.91 Å². The summed E-state index contributed by atoms with van der Waals surface area (Å²) in [4.78, 5) is 22.3. The van der Waals surface area contributed by atoms with Crippen LogP contribution in [0.15, 0.2) is 0 Å². The van der Waals surface area contributed by atoms with Crippen LogP contribution in [0.3, 0.4) is 0 Å². The summed E-state index contributed by atoms with van der Waals surface area (Å²) in [6, 6.07) is -1.41. The Bertz CT molecular complexity index is 231. The van der Waals surface area contributed by atoms with Crippen molar-refractivity contribution in [3.8, 4) is 0 Å². The Balaban J connectivity index is 4.12. The Morgan fingerprint density at radius 3 is 2.31 bits per heavy atom. The van der Waals surface area contributed by atoms with Gasteiger partial charge in [0, 0.05) is 0 Å². The predicted octanol–water partition coefficient (Wildman–Crippen LogP) is 0.873. The number of carboxylic acid groups (broad SMARTS) is 1. The van der Waals surface area contributed by atoms with Crippen molar-refractivity contribution in [3.63, 3.8) is 0 Å². The topological polar surface area (TPSA) is 92.4 Å². The molecule has 0 aliphatic heterocycles. The Kier molecular flexibility index (Phi) is 7.54. The zero-order valence-corrected chi connectivity index (χ0v) is 10.0. The summed E-state index contributed by atoms with van der Waals surface area (Å²) in [5, 5.41) is 11.3. The van der Waals surface area contributed by atoms with E-state index >= 15 is 0 Å². The van der Waals surface area contributed by atoms with E-state index in [1.54, 1.807) is 0 Å². The van der Waals surface area contributed by atoms with Crippen LogP contribution in [-0.2, 0) is 9.59 Å². The quantitative estimate of drug-likeness (QED) is 0.577. The predicted molar refractivity (Wildman–Crippen MR) is 62.0 cm³/mol. The number of hydrogen-bond donors (Lipinski definition) is 3. The van der Waals surface area contributed by atoms with Crippen LogP contribution >= 0.6 is 0 Å². The molecule has 0 saturated heterocycles. The summed E-state index contributed by atoms with van der Waals surface area (Å²) in [5.41, 5.74) is 5.64. The second kappa shape index (κ2) is 8.10. The van der Waals surface area contributed by atoms with Gasteiger partial charge in [-0.3, -0.25) is 4.79 Å². The molecule has 0 saturated carbocycles. The summed E-state index contributed by atoms with van der Waals surface area (Å²) in [6.45, 7) is 3.89. The summed E-state index contributed by atoms with van der Waals surface area (Å²) in [7, 11) is 0. The Labute approximate surface area is 96.4 Å². The number of carbonyl (C=O) groups excluding carboxylic acids is 1. The molecule has 5 heteroatoms. The van der Waals surface area contributed by atoms with E-state index in [1.807, 2.05) is 13.8 Å². The molecule has 0 fully saturated rings. The monoisotopic (exact) mass is 230 g/mol. The average molecular weight is 230 g/mol. The van der Waals surface area contributed by atoms with E-state index in [4.69, 9.17) is 10.8 Å². The third-order valence-electron chi connectivity index (χ3n) is 2.40. The Morgan fingerprint density at radius 2 is 1.88 bits per heavy atom. The first kappa shape index (κ1) is 14.9. The Morgan fingerprint density at radius 1 is 1.25 bits per heavy atom. The number of rotatable bonds is 8. The van der Waals surface area contributed by atoms with Crippen LogP contribution in [0, 0.1) is 0 Å². The first-order chi connectivity index (χ1) is 7.52. The molecule has 16 heavy (non-hydrogen) atoms. The molecule has 0 spiro atoms. The van der Waals surface area contributed by atoms with Gasteiger partial charge >= 0.3 is 5.97 Å². The highest BCUT2D eigenvalue weighted by Gasteiger charge is 2.21. The summed E-state index contributed by atoms with van der Waals surface area (Å²) in [6.07, 6.45) is 3.59. The molecule has 0 rings (SSSR count). The van der Waals surface area contributed by atoms with Gasteiger partial charge in [0.1, 0.15) is 6.04 Å². The molecule has 0 bridgehead atoms. The number of unbranched alkanes of at least 4 members (excludes halogenated alkanes) is 1. The van der Waals surface area contributed by atoms with Crippen LogP contribution < -0.4 is 11.1 Å². The van der Waals surface area contributed by atoms with Crippen molar-refractivity contribution in [2.75, 3.05) is 0 Å². The van der Waals surface area contributed by atoms with Gasteiger partial charge in [-0.15, -0.1) is 0 Å². The smallest absolute Gasteiger partial charge is 0.326 e. The third kappa shape index (κ3) is 5.70. The van der Waals surface area contributed by atoms with E-state index in [9.17, 15) is 9.59 Å². The van der Waals surface area contributed by atoms with E-state index in [-0.39, 0.29) is 5.91 Å². The van der Waals surface area contributed by atoms with Crippen molar-refractivity contribution in [1.82, 2.24) is 5.32 Å². The molecule has 0 aliphatic carbocycles. The Hall–Kier alpha value is -1.10. The molecular weight excluding hydrogens is 208 g/mol. The van der Waals surface area contributed by atoms with E-state index in [2.05, 4.69) is 5.32 Å². The maximum Gasteiger partial charge on any atom is 0.326 e. The number of nitrogens with two attached hydrogens (primary N) is 1. The van der Waals surface area contributed by atoms with Crippen molar-refractivity contribution in [2.24, 2.45) is 5.73 Å². The lowest BCUT2D eigenvalue weighted by atomic mass is 10.1. The highest BCUT2D eigenvalue weighted by molar-refractivity contribution is 5.86. The second-order valence-corrected chi connectivity index (χ2v) is 3.94. The molecule has 0 aromatic heterocycles. The fraction of sp³-hybridized carbons (Fsp3) is 0.818. The van der Waals surface area contributed by atoms with Crippen LogP contribution in [-0.4, -0.2) is 29.1 Å². The summed E-state index contributed by atoms with van der Waals surface area (Å²) >= 11 is 0. The molecule has 0 aliphatic rings. The van der Waals surface area contributed by atoms with Gasteiger partial charge in [0.15, 0.2) is 0 Å². The van der Waals surface area contributed by atoms with Gasteiger partial charge < -0.3 is 16.2 Å². The molecule has 4 N–H and O–H groups in total. The third-order valence-corrected chi connectivity index (χ3v) is 2.40. The first-order valence-electron chi connectivity index (χ1n) is 5.81. The minimum atomic E-state index is -1.00. The molecule has 0 radical (unpaired) electrons. The van der Waals surface area contributed by atoms with Crippen LogP contribution in [0.5, 0.6) is 0 Å². The maximum atomic E-state index is 11.5. The number of hydrogen-bond acceptors (Lipinski definition) is 3. The fourth-order valence-corrected chi connectivity index (χ4v) is 1.38. The zero-order chi connectivity index (χ0) is 12.6. The van der Waals surface area contributed by atoms with Crippen molar-refractivity contribution < 1.29 is 14.7 Å². The van der Waals surface area contributed by atoms with Crippen LogP contribution in [0.2, 0.25) is 0 Å².